The summed E-state index contributed by atoms with van der Waals surface area (Å²) < 4.78 is 28.6. The number of ether oxygens (including phenoxy) is 1. The zero-order chi connectivity index (χ0) is 18.5. The quantitative estimate of drug-likeness (QED) is 0.270. The molecule has 0 radical (unpaired) electrons. The lowest BCUT2D eigenvalue weighted by Gasteiger charge is -2.11. The summed E-state index contributed by atoms with van der Waals surface area (Å²) in [4.78, 5) is 0.136. The lowest BCUT2D eigenvalue weighted by molar-refractivity contribution is 0.301. The molecule has 1 aromatic rings. The number of rotatable bonds is 14. The zero-order valence-electron chi connectivity index (χ0n) is 15.7. The molecule has 3 nitrogen and oxygen atoms in total. The lowest BCUT2D eigenvalue weighted by atomic mass is 10.1. The SMILES string of the molecule is CCCCCCCCCCCCOc1ccc(S(=O)(=O)Cl)cc1CC. The van der Waals surface area contributed by atoms with Crippen LogP contribution in [-0.4, -0.2) is 15.0 Å². The van der Waals surface area contributed by atoms with Gasteiger partial charge in [-0.25, -0.2) is 8.42 Å². The third-order valence-electron chi connectivity index (χ3n) is 4.45. The van der Waals surface area contributed by atoms with Gasteiger partial charge in [0.05, 0.1) is 11.5 Å². The maximum Gasteiger partial charge on any atom is 0.261 e. The van der Waals surface area contributed by atoms with Crippen molar-refractivity contribution < 1.29 is 13.2 Å². The van der Waals surface area contributed by atoms with Gasteiger partial charge in [0.15, 0.2) is 0 Å². The minimum atomic E-state index is -3.68. The predicted octanol–water partition coefficient (Wildman–Crippen LogP) is 6.48. The van der Waals surface area contributed by atoms with Crippen LogP contribution in [0.1, 0.15) is 83.6 Å². The van der Waals surface area contributed by atoms with E-state index in [1.165, 1.54) is 63.9 Å². The molecule has 0 saturated heterocycles. The molecule has 0 amide bonds. The van der Waals surface area contributed by atoms with Gasteiger partial charge < -0.3 is 4.74 Å². The van der Waals surface area contributed by atoms with Gasteiger partial charge in [-0.1, -0.05) is 71.6 Å². The minimum Gasteiger partial charge on any atom is -0.493 e. The molecule has 25 heavy (non-hydrogen) atoms. The van der Waals surface area contributed by atoms with Crippen LogP contribution < -0.4 is 4.74 Å². The molecule has 0 aliphatic rings. The van der Waals surface area contributed by atoms with E-state index in [0.29, 0.717) is 13.0 Å². The van der Waals surface area contributed by atoms with Crippen molar-refractivity contribution in [3.63, 3.8) is 0 Å². The Morgan fingerprint density at radius 3 is 1.96 bits per heavy atom. The molecule has 0 fully saturated rings. The highest BCUT2D eigenvalue weighted by molar-refractivity contribution is 8.13. The Morgan fingerprint density at radius 1 is 0.880 bits per heavy atom. The largest absolute Gasteiger partial charge is 0.493 e. The molecule has 0 unspecified atom stereocenters. The number of hydrogen-bond donors (Lipinski definition) is 0. The van der Waals surface area contributed by atoms with E-state index in [-0.39, 0.29) is 4.90 Å². The summed E-state index contributed by atoms with van der Waals surface area (Å²) in [5, 5.41) is 0. The Kier molecular flexibility index (Phi) is 11.2. The molecule has 0 heterocycles. The van der Waals surface area contributed by atoms with Gasteiger partial charge in [-0.05, 0) is 36.6 Å². The van der Waals surface area contributed by atoms with Gasteiger partial charge in [0.1, 0.15) is 5.75 Å². The van der Waals surface area contributed by atoms with Gasteiger partial charge in [0.25, 0.3) is 9.05 Å². The molecule has 0 N–H and O–H groups in total. The topological polar surface area (TPSA) is 43.4 Å². The molecule has 0 spiro atoms. The maximum atomic E-state index is 11.4. The molecule has 1 aromatic carbocycles. The first kappa shape index (κ1) is 22.3. The third kappa shape index (κ3) is 9.50. The van der Waals surface area contributed by atoms with Crippen LogP contribution in [0.15, 0.2) is 23.1 Å². The van der Waals surface area contributed by atoms with Crippen molar-refractivity contribution >= 4 is 19.7 Å². The molecule has 0 aliphatic carbocycles. The minimum absolute atomic E-state index is 0.136. The summed E-state index contributed by atoms with van der Waals surface area (Å²) in [5.74, 6) is 0.766. The van der Waals surface area contributed by atoms with Gasteiger partial charge in [0, 0.05) is 10.7 Å². The van der Waals surface area contributed by atoms with E-state index in [1.54, 1.807) is 12.1 Å². The van der Waals surface area contributed by atoms with Gasteiger partial charge in [0.2, 0.25) is 0 Å². The van der Waals surface area contributed by atoms with Crippen molar-refractivity contribution in [2.45, 2.75) is 89.4 Å². The van der Waals surface area contributed by atoms with Crippen LogP contribution in [0.25, 0.3) is 0 Å². The molecule has 0 saturated carbocycles. The summed E-state index contributed by atoms with van der Waals surface area (Å²) in [6.07, 6.45) is 13.7. The molecular formula is C20H33ClO3S. The number of halogens is 1. The van der Waals surface area contributed by atoms with E-state index < -0.39 is 9.05 Å². The van der Waals surface area contributed by atoms with Crippen LogP contribution in [0.3, 0.4) is 0 Å². The summed E-state index contributed by atoms with van der Waals surface area (Å²) in [7, 11) is 1.71. The molecule has 144 valence electrons. The summed E-state index contributed by atoms with van der Waals surface area (Å²) in [6.45, 7) is 4.91. The Bertz CT molecular complexity index is 585. The average molecular weight is 389 g/mol. The molecule has 1 rings (SSSR count). The number of hydrogen-bond acceptors (Lipinski definition) is 3. The van der Waals surface area contributed by atoms with E-state index in [1.807, 2.05) is 6.92 Å². The van der Waals surface area contributed by atoms with E-state index in [2.05, 4.69) is 6.92 Å². The van der Waals surface area contributed by atoms with Crippen LogP contribution in [0.2, 0.25) is 0 Å². The highest BCUT2D eigenvalue weighted by atomic mass is 35.7. The molecule has 0 bridgehead atoms. The van der Waals surface area contributed by atoms with Gasteiger partial charge >= 0.3 is 0 Å². The van der Waals surface area contributed by atoms with Crippen molar-refractivity contribution in [1.82, 2.24) is 0 Å². The maximum absolute atomic E-state index is 11.4. The first-order chi connectivity index (χ1) is 12.0. The van der Waals surface area contributed by atoms with Crippen LogP contribution >= 0.6 is 10.7 Å². The third-order valence-corrected chi connectivity index (χ3v) is 5.80. The Hall–Kier alpha value is -0.740. The second-order valence-electron chi connectivity index (χ2n) is 6.59. The second-order valence-corrected chi connectivity index (χ2v) is 9.16. The number of aryl methyl sites for hydroxylation is 1. The van der Waals surface area contributed by atoms with E-state index in [4.69, 9.17) is 15.4 Å². The lowest BCUT2D eigenvalue weighted by Crippen LogP contribution is -2.01. The second kappa shape index (κ2) is 12.6. The first-order valence-corrected chi connectivity index (χ1v) is 12.0. The van der Waals surface area contributed by atoms with Crippen molar-refractivity contribution in [3.05, 3.63) is 23.8 Å². The molecular weight excluding hydrogens is 356 g/mol. The molecule has 5 heteroatoms. The molecule has 0 atom stereocenters. The van der Waals surface area contributed by atoms with Crippen LogP contribution in [0, 0.1) is 0 Å². The fraction of sp³-hybridized carbons (Fsp3) is 0.700. The van der Waals surface area contributed by atoms with Crippen molar-refractivity contribution in [1.29, 1.82) is 0 Å². The Balaban J connectivity index is 2.20. The molecule has 0 aliphatic heterocycles. The van der Waals surface area contributed by atoms with E-state index >= 15 is 0 Å². The van der Waals surface area contributed by atoms with Crippen molar-refractivity contribution in [2.24, 2.45) is 0 Å². The normalized spacial score (nSPS) is 11.6. The van der Waals surface area contributed by atoms with E-state index in [9.17, 15) is 8.42 Å². The van der Waals surface area contributed by atoms with Crippen molar-refractivity contribution in [3.8, 4) is 5.75 Å². The summed E-state index contributed by atoms with van der Waals surface area (Å²) in [6, 6.07) is 4.83. The number of unbranched alkanes of at least 4 members (excludes halogenated alkanes) is 9. The van der Waals surface area contributed by atoms with Gasteiger partial charge in [-0.15, -0.1) is 0 Å². The highest BCUT2D eigenvalue weighted by Gasteiger charge is 2.12. The predicted molar refractivity (Wildman–Crippen MR) is 106 cm³/mol. The van der Waals surface area contributed by atoms with Crippen molar-refractivity contribution in [2.75, 3.05) is 6.61 Å². The monoisotopic (exact) mass is 388 g/mol. The Morgan fingerprint density at radius 2 is 1.44 bits per heavy atom. The first-order valence-electron chi connectivity index (χ1n) is 9.69. The van der Waals surface area contributed by atoms with Crippen LogP contribution in [0.5, 0.6) is 5.75 Å². The van der Waals surface area contributed by atoms with Crippen LogP contribution in [0.4, 0.5) is 0 Å². The van der Waals surface area contributed by atoms with E-state index in [0.717, 1.165) is 17.7 Å². The standard InChI is InChI=1S/C20H33ClO3S/c1-3-5-6-7-8-9-10-11-12-13-16-24-20-15-14-19(25(21,22)23)17-18(20)4-2/h14-15,17H,3-13,16H2,1-2H3. The highest BCUT2D eigenvalue weighted by Crippen LogP contribution is 2.25. The fourth-order valence-electron chi connectivity index (χ4n) is 2.90. The van der Waals surface area contributed by atoms with Gasteiger partial charge in [-0.2, -0.15) is 0 Å². The van der Waals surface area contributed by atoms with Gasteiger partial charge in [-0.3, -0.25) is 0 Å². The smallest absolute Gasteiger partial charge is 0.261 e. The summed E-state index contributed by atoms with van der Waals surface area (Å²) >= 11 is 0. The van der Waals surface area contributed by atoms with Crippen LogP contribution in [-0.2, 0) is 15.5 Å². The summed E-state index contributed by atoms with van der Waals surface area (Å²) in [5.41, 5.74) is 0.883. The molecule has 0 aromatic heterocycles. The zero-order valence-corrected chi connectivity index (χ0v) is 17.3. The fourth-order valence-corrected chi connectivity index (χ4v) is 3.70. The number of benzene rings is 1. The Labute approximate surface area is 158 Å². The average Bonchev–Trinajstić information content (AvgIpc) is 2.58.